The van der Waals surface area contributed by atoms with Crippen molar-refractivity contribution in [2.45, 2.75) is 6.42 Å². The number of rotatable bonds is 5. The van der Waals surface area contributed by atoms with E-state index in [-0.39, 0.29) is 40.3 Å². The summed E-state index contributed by atoms with van der Waals surface area (Å²) >= 11 is 0. The summed E-state index contributed by atoms with van der Waals surface area (Å²) < 4.78 is 43.4. The Morgan fingerprint density at radius 1 is 1.06 bits per heavy atom. The molecule has 0 aliphatic carbocycles. The molecule has 10 heteroatoms. The van der Waals surface area contributed by atoms with Crippen molar-refractivity contribution in [2.24, 2.45) is 7.05 Å². The zero-order chi connectivity index (χ0) is 24.4. The van der Waals surface area contributed by atoms with E-state index in [0.717, 1.165) is 28.8 Å². The first-order valence-corrected chi connectivity index (χ1v) is 10.1. The lowest BCUT2D eigenvalue weighted by molar-refractivity contribution is 0.102. The molecule has 4 aromatic rings. The number of anilines is 2. The maximum Gasteiger partial charge on any atom is 0.275 e. The Kier molecular flexibility index (Phi) is 6.13. The monoisotopic (exact) mass is 465 g/mol. The van der Waals surface area contributed by atoms with Gasteiger partial charge in [0.1, 0.15) is 23.1 Å². The Bertz CT molecular complexity index is 1420. The van der Waals surface area contributed by atoms with Gasteiger partial charge < -0.3 is 15.6 Å². The van der Waals surface area contributed by atoms with Gasteiger partial charge in [-0.2, -0.15) is 0 Å². The molecule has 3 N–H and O–H groups in total. The summed E-state index contributed by atoms with van der Waals surface area (Å²) in [6, 6.07) is 8.45. The van der Waals surface area contributed by atoms with Crippen LogP contribution in [0.1, 0.15) is 21.7 Å². The van der Waals surface area contributed by atoms with E-state index in [1.165, 1.54) is 43.8 Å². The highest BCUT2D eigenvalue weighted by atomic mass is 19.1. The topological polar surface area (TPSA) is 103 Å². The largest absolute Gasteiger partial charge is 0.396 e. The molecule has 2 aromatic carbocycles. The van der Waals surface area contributed by atoms with Crippen LogP contribution in [0.25, 0.3) is 11.1 Å². The third-order valence-electron chi connectivity index (χ3n) is 5.32. The summed E-state index contributed by atoms with van der Waals surface area (Å²) in [5.41, 5.74) is 5.60. The van der Waals surface area contributed by atoms with Crippen LogP contribution in [0.4, 0.5) is 24.5 Å². The van der Waals surface area contributed by atoms with E-state index in [9.17, 15) is 22.8 Å². The minimum atomic E-state index is -0.820. The number of amides is 1. The third kappa shape index (κ3) is 4.25. The molecule has 0 radical (unpaired) electrons. The summed E-state index contributed by atoms with van der Waals surface area (Å²) in [7, 11) is 1.39. The summed E-state index contributed by atoms with van der Waals surface area (Å²) in [6.07, 6.45) is 3.55. The number of carbonyl (C=O) groups is 1. The minimum absolute atomic E-state index is 0.00491. The van der Waals surface area contributed by atoms with Crippen LogP contribution in [0.3, 0.4) is 0 Å². The van der Waals surface area contributed by atoms with Gasteiger partial charge >= 0.3 is 0 Å². The van der Waals surface area contributed by atoms with Crippen LogP contribution < -0.4 is 16.6 Å². The third-order valence-corrected chi connectivity index (χ3v) is 5.32. The quantitative estimate of drug-likeness (QED) is 0.468. The van der Waals surface area contributed by atoms with Crippen molar-refractivity contribution >= 4 is 17.3 Å². The molecule has 0 bridgehead atoms. The van der Waals surface area contributed by atoms with Gasteiger partial charge in [-0.3, -0.25) is 14.6 Å². The number of hydrogen-bond acceptors (Lipinski definition) is 5. The molecule has 0 unspecified atom stereocenters. The van der Waals surface area contributed by atoms with Crippen molar-refractivity contribution in [1.82, 2.24) is 14.5 Å². The molecule has 172 valence electrons. The maximum absolute atomic E-state index is 14.4. The van der Waals surface area contributed by atoms with Crippen molar-refractivity contribution in [3.63, 3.8) is 0 Å². The average molecular weight is 465 g/mol. The molecule has 0 fully saturated rings. The van der Waals surface area contributed by atoms with E-state index in [1.54, 1.807) is 0 Å². The molecule has 2 heterocycles. The molecule has 0 spiro atoms. The highest BCUT2D eigenvalue weighted by molar-refractivity contribution is 6.06. The normalized spacial score (nSPS) is 10.8. The molecule has 4 rings (SSSR count). The highest BCUT2D eigenvalue weighted by Crippen LogP contribution is 2.33. The molecule has 0 aliphatic heterocycles. The number of hydrogen-bond donors (Lipinski definition) is 2. The number of benzene rings is 2. The second-order valence-corrected chi connectivity index (χ2v) is 7.40. The Morgan fingerprint density at radius 2 is 1.74 bits per heavy atom. The Labute approximate surface area is 191 Å². The molecule has 7 nitrogen and oxygen atoms in total. The van der Waals surface area contributed by atoms with Crippen LogP contribution in [0.15, 0.2) is 65.8 Å². The molecular weight excluding hydrogens is 447 g/mol. The molecule has 34 heavy (non-hydrogen) atoms. The lowest BCUT2D eigenvalue weighted by Crippen LogP contribution is -2.28. The van der Waals surface area contributed by atoms with E-state index in [4.69, 9.17) is 5.73 Å². The van der Waals surface area contributed by atoms with Crippen molar-refractivity contribution in [2.75, 3.05) is 11.1 Å². The summed E-state index contributed by atoms with van der Waals surface area (Å²) in [5, 5.41) is 2.60. The van der Waals surface area contributed by atoms with Gasteiger partial charge in [-0.15, -0.1) is 0 Å². The Hall–Kier alpha value is -4.47. The van der Waals surface area contributed by atoms with Gasteiger partial charge in [0.2, 0.25) is 0 Å². The van der Waals surface area contributed by atoms with Gasteiger partial charge in [0.15, 0.2) is 0 Å². The fourth-order valence-corrected chi connectivity index (χ4v) is 3.56. The van der Waals surface area contributed by atoms with Crippen molar-refractivity contribution in [3.05, 3.63) is 106 Å². The number of pyridine rings is 1. The first-order valence-electron chi connectivity index (χ1n) is 10.1. The minimum Gasteiger partial charge on any atom is -0.396 e. The number of halogens is 3. The number of nitrogens with two attached hydrogens (primary N) is 1. The lowest BCUT2D eigenvalue weighted by atomic mass is 10.00. The molecule has 0 saturated heterocycles. The highest BCUT2D eigenvalue weighted by Gasteiger charge is 2.24. The summed E-state index contributed by atoms with van der Waals surface area (Å²) in [6.45, 7) is 0. The lowest BCUT2D eigenvalue weighted by Gasteiger charge is -2.20. The van der Waals surface area contributed by atoms with Gasteiger partial charge in [-0.05, 0) is 29.8 Å². The van der Waals surface area contributed by atoms with E-state index in [1.807, 2.05) is 0 Å². The van der Waals surface area contributed by atoms with E-state index < -0.39 is 28.9 Å². The number of nitrogen functional groups attached to an aromatic ring is 1. The van der Waals surface area contributed by atoms with Gasteiger partial charge in [-0.25, -0.2) is 18.2 Å². The van der Waals surface area contributed by atoms with Crippen molar-refractivity contribution < 1.29 is 18.0 Å². The fraction of sp³-hybridized carbons (Fsp3) is 0.0833. The standard InChI is InChI=1S/C24H18F3N5O2/c1-32-19(11-15-16(26)3-2-4-17(15)27)22(31-23(33)18-12-29-9-10-30-18)21(28)20(24(32)34)13-5-7-14(25)8-6-13/h2-10,12H,11,28H2,1H3,(H,31,33). The van der Waals surface area contributed by atoms with Crippen LogP contribution in [0.2, 0.25) is 0 Å². The van der Waals surface area contributed by atoms with Crippen molar-refractivity contribution in [3.8, 4) is 11.1 Å². The second kappa shape index (κ2) is 9.18. The number of aromatic nitrogens is 3. The Morgan fingerprint density at radius 3 is 2.35 bits per heavy atom. The van der Waals surface area contributed by atoms with E-state index in [2.05, 4.69) is 15.3 Å². The molecule has 2 aromatic heterocycles. The van der Waals surface area contributed by atoms with E-state index in [0.29, 0.717) is 5.56 Å². The van der Waals surface area contributed by atoms with Crippen LogP contribution in [-0.2, 0) is 13.5 Å². The number of carbonyl (C=O) groups excluding carboxylic acids is 1. The van der Waals surface area contributed by atoms with Crippen LogP contribution >= 0.6 is 0 Å². The molecular formula is C24H18F3N5O2. The van der Waals surface area contributed by atoms with Crippen LogP contribution in [-0.4, -0.2) is 20.4 Å². The molecule has 0 atom stereocenters. The number of nitrogens with one attached hydrogen (secondary N) is 1. The Balaban J connectivity index is 1.93. The predicted octanol–water partition coefficient (Wildman–Crippen LogP) is 3.68. The van der Waals surface area contributed by atoms with Gasteiger partial charge in [0.25, 0.3) is 11.5 Å². The van der Waals surface area contributed by atoms with Crippen LogP contribution in [0, 0.1) is 17.5 Å². The van der Waals surface area contributed by atoms with Gasteiger partial charge in [0.05, 0.1) is 28.8 Å². The smallest absolute Gasteiger partial charge is 0.275 e. The maximum atomic E-state index is 14.4. The fourth-order valence-electron chi connectivity index (χ4n) is 3.56. The van der Waals surface area contributed by atoms with Crippen molar-refractivity contribution in [1.29, 1.82) is 0 Å². The average Bonchev–Trinajstić information content (AvgIpc) is 2.83. The second-order valence-electron chi connectivity index (χ2n) is 7.40. The van der Waals surface area contributed by atoms with E-state index >= 15 is 0 Å². The molecule has 1 amide bonds. The molecule has 0 aliphatic rings. The zero-order valence-corrected chi connectivity index (χ0v) is 17.8. The first-order chi connectivity index (χ1) is 16.3. The first kappa shape index (κ1) is 22.7. The van der Waals surface area contributed by atoms with Gasteiger partial charge in [0, 0.05) is 31.4 Å². The van der Waals surface area contributed by atoms with Gasteiger partial charge in [-0.1, -0.05) is 18.2 Å². The predicted molar refractivity (Wildman–Crippen MR) is 121 cm³/mol. The molecule has 0 saturated carbocycles. The zero-order valence-electron chi connectivity index (χ0n) is 17.8. The summed E-state index contributed by atoms with van der Waals surface area (Å²) in [5.74, 6) is -2.85. The summed E-state index contributed by atoms with van der Waals surface area (Å²) in [4.78, 5) is 33.8. The van der Waals surface area contributed by atoms with Crippen LogP contribution in [0.5, 0.6) is 0 Å². The number of nitrogens with zero attached hydrogens (tertiary/aromatic N) is 3. The SMILES string of the molecule is Cn1c(Cc2c(F)cccc2F)c(NC(=O)c2cnccn2)c(N)c(-c2ccc(F)cc2)c1=O.